The zero-order valence-electron chi connectivity index (χ0n) is 12.2. The molecule has 0 saturated carbocycles. The van der Waals surface area contributed by atoms with E-state index in [0.717, 1.165) is 23.1 Å². The highest BCUT2D eigenvalue weighted by Gasteiger charge is 2.14. The first-order chi connectivity index (χ1) is 9.70. The zero-order chi connectivity index (χ0) is 14.4. The van der Waals surface area contributed by atoms with E-state index in [-0.39, 0.29) is 0 Å². The van der Waals surface area contributed by atoms with Crippen LogP contribution in [-0.2, 0) is 0 Å². The van der Waals surface area contributed by atoms with E-state index in [0.29, 0.717) is 6.04 Å². The SMILES string of the molecule is CCCNC(CSc1nncs1)c1ccc(C)cc1C. The Balaban J connectivity index is 2.09. The minimum Gasteiger partial charge on any atom is -0.309 e. The number of nitrogens with one attached hydrogen (secondary N) is 1. The van der Waals surface area contributed by atoms with E-state index in [1.54, 1.807) is 28.6 Å². The van der Waals surface area contributed by atoms with Crippen molar-refractivity contribution in [2.45, 2.75) is 37.6 Å². The van der Waals surface area contributed by atoms with Crippen molar-refractivity contribution in [1.29, 1.82) is 0 Å². The highest BCUT2D eigenvalue weighted by molar-refractivity contribution is 8.01. The third-order valence-electron chi connectivity index (χ3n) is 3.15. The maximum Gasteiger partial charge on any atom is 0.174 e. The molecule has 2 aromatic rings. The van der Waals surface area contributed by atoms with Crippen LogP contribution in [-0.4, -0.2) is 22.5 Å². The van der Waals surface area contributed by atoms with E-state index >= 15 is 0 Å². The van der Waals surface area contributed by atoms with E-state index in [1.807, 2.05) is 0 Å². The van der Waals surface area contributed by atoms with Crippen molar-refractivity contribution in [3.63, 3.8) is 0 Å². The number of hydrogen-bond acceptors (Lipinski definition) is 5. The van der Waals surface area contributed by atoms with Gasteiger partial charge in [0.05, 0.1) is 0 Å². The average Bonchev–Trinajstić information content (AvgIpc) is 2.93. The van der Waals surface area contributed by atoms with Gasteiger partial charge in [0.2, 0.25) is 0 Å². The summed E-state index contributed by atoms with van der Waals surface area (Å²) in [7, 11) is 0. The predicted molar refractivity (Wildman–Crippen MR) is 87.6 cm³/mol. The molecule has 1 aromatic heterocycles. The Morgan fingerprint density at radius 1 is 1.35 bits per heavy atom. The Bertz CT molecular complexity index is 526. The molecule has 0 radical (unpaired) electrons. The predicted octanol–water partition coefficient (Wildman–Crippen LogP) is 3.99. The minimum absolute atomic E-state index is 0.365. The molecular formula is C15H21N3S2. The maximum atomic E-state index is 4.10. The molecule has 0 fully saturated rings. The van der Waals surface area contributed by atoms with E-state index in [1.165, 1.54) is 16.7 Å². The quantitative estimate of drug-likeness (QED) is 0.785. The number of benzene rings is 1. The fraction of sp³-hybridized carbons (Fsp3) is 0.467. The second kappa shape index (κ2) is 7.76. The molecule has 0 aliphatic heterocycles. The largest absolute Gasteiger partial charge is 0.309 e. The van der Waals surface area contributed by atoms with Gasteiger partial charge in [0.25, 0.3) is 0 Å². The summed E-state index contributed by atoms with van der Waals surface area (Å²) in [5.41, 5.74) is 5.85. The second-order valence-electron chi connectivity index (χ2n) is 4.88. The molecule has 1 heterocycles. The van der Waals surface area contributed by atoms with E-state index in [9.17, 15) is 0 Å². The summed E-state index contributed by atoms with van der Waals surface area (Å²) in [6, 6.07) is 7.06. The van der Waals surface area contributed by atoms with Gasteiger partial charge < -0.3 is 5.32 Å². The standard InChI is InChI=1S/C15H21N3S2/c1-4-7-16-14(9-19-15-18-17-10-20-15)13-6-5-11(2)8-12(13)3/h5-6,8,10,14,16H,4,7,9H2,1-3H3. The molecule has 0 saturated heterocycles. The summed E-state index contributed by atoms with van der Waals surface area (Å²) in [6.07, 6.45) is 1.14. The van der Waals surface area contributed by atoms with Gasteiger partial charge in [-0.15, -0.1) is 10.2 Å². The Hall–Kier alpha value is -0.910. The van der Waals surface area contributed by atoms with Crippen molar-refractivity contribution in [3.05, 3.63) is 40.4 Å². The number of rotatable bonds is 7. The van der Waals surface area contributed by atoms with Gasteiger partial charge in [-0.05, 0) is 37.9 Å². The van der Waals surface area contributed by atoms with Crippen LogP contribution in [0, 0.1) is 13.8 Å². The number of hydrogen-bond donors (Lipinski definition) is 1. The molecule has 0 amide bonds. The average molecular weight is 307 g/mol. The van der Waals surface area contributed by atoms with E-state index in [2.05, 4.69) is 54.5 Å². The van der Waals surface area contributed by atoms with Crippen LogP contribution in [0.1, 0.15) is 36.1 Å². The first-order valence-electron chi connectivity index (χ1n) is 6.90. The first kappa shape index (κ1) is 15.5. The van der Waals surface area contributed by atoms with Crippen molar-refractivity contribution in [2.75, 3.05) is 12.3 Å². The van der Waals surface area contributed by atoms with Crippen LogP contribution in [0.25, 0.3) is 0 Å². The van der Waals surface area contributed by atoms with Gasteiger partial charge in [0.1, 0.15) is 5.51 Å². The summed E-state index contributed by atoms with van der Waals surface area (Å²) in [5, 5.41) is 11.6. The lowest BCUT2D eigenvalue weighted by molar-refractivity contribution is 0.575. The summed E-state index contributed by atoms with van der Waals surface area (Å²) < 4.78 is 1.04. The molecule has 2 rings (SSSR count). The maximum absolute atomic E-state index is 4.10. The lowest BCUT2D eigenvalue weighted by Crippen LogP contribution is -2.24. The fourth-order valence-electron chi connectivity index (χ4n) is 2.17. The highest BCUT2D eigenvalue weighted by atomic mass is 32.2. The molecule has 0 aliphatic carbocycles. The van der Waals surface area contributed by atoms with Crippen LogP contribution in [0.2, 0.25) is 0 Å². The van der Waals surface area contributed by atoms with Crippen molar-refractivity contribution in [3.8, 4) is 0 Å². The first-order valence-corrected chi connectivity index (χ1v) is 8.76. The van der Waals surface area contributed by atoms with Gasteiger partial charge in [0, 0.05) is 11.8 Å². The highest BCUT2D eigenvalue weighted by Crippen LogP contribution is 2.27. The Kier molecular flexibility index (Phi) is 6.01. The van der Waals surface area contributed by atoms with Crippen LogP contribution >= 0.6 is 23.1 Å². The lowest BCUT2D eigenvalue weighted by Gasteiger charge is -2.20. The Labute approximate surface area is 129 Å². The Morgan fingerprint density at radius 2 is 2.20 bits per heavy atom. The van der Waals surface area contributed by atoms with Crippen LogP contribution < -0.4 is 5.32 Å². The summed E-state index contributed by atoms with van der Waals surface area (Å²) in [5.74, 6) is 0.985. The number of nitrogens with zero attached hydrogens (tertiary/aromatic N) is 2. The summed E-state index contributed by atoms with van der Waals surface area (Å²) >= 11 is 3.38. The van der Waals surface area contributed by atoms with Gasteiger partial charge in [-0.25, -0.2) is 0 Å². The molecule has 1 atom stereocenters. The molecule has 1 unspecified atom stereocenters. The van der Waals surface area contributed by atoms with Crippen molar-refractivity contribution in [1.82, 2.24) is 15.5 Å². The molecule has 3 nitrogen and oxygen atoms in total. The lowest BCUT2D eigenvalue weighted by atomic mass is 10.00. The second-order valence-corrected chi connectivity index (χ2v) is 6.98. The van der Waals surface area contributed by atoms with Gasteiger partial charge in [0.15, 0.2) is 4.34 Å². The van der Waals surface area contributed by atoms with E-state index < -0.39 is 0 Å². The molecule has 1 aromatic carbocycles. The molecule has 1 N–H and O–H groups in total. The topological polar surface area (TPSA) is 37.8 Å². The molecule has 0 spiro atoms. The van der Waals surface area contributed by atoms with Crippen LogP contribution in [0.4, 0.5) is 0 Å². The normalized spacial score (nSPS) is 12.6. The zero-order valence-corrected chi connectivity index (χ0v) is 13.9. The molecule has 108 valence electrons. The summed E-state index contributed by atoms with van der Waals surface area (Å²) in [4.78, 5) is 0. The molecule has 20 heavy (non-hydrogen) atoms. The smallest absolute Gasteiger partial charge is 0.174 e. The van der Waals surface area contributed by atoms with Gasteiger partial charge in [-0.2, -0.15) is 0 Å². The van der Waals surface area contributed by atoms with Crippen LogP contribution in [0.5, 0.6) is 0 Å². The van der Waals surface area contributed by atoms with Gasteiger partial charge in [-0.1, -0.05) is 53.8 Å². The fourth-order valence-corrected chi connectivity index (χ4v) is 3.77. The molecule has 0 bridgehead atoms. The molecule has 0 aliphatic rings. The van der Waals surface area contributed by atoms with E-state index in [4.69, 9.17) is 0 Å². The molecule has 5 heteroatoms. The third kappa shape index (κ3) is 4.30. The number of aromatic nitrogens is 2. The van der Waals surface area contributed by atoms with Gasteiger partial charge in [-0.3, -0.25) is 0 Å². The van der Waals surface area contributed by atoms with Gasteiger partial charge >= 0.3 is 0 Å². The monoisotopic (exact) mass is 307 g/mol. The van der Waals surface area contributed by atoms with Crippen molar-refractivity contribution < 1.29 is 0 Å². The van der Waals surface area contributed by atoms with Crippen LogP contribution in [0.3, 0.4) is 0 Å². The minimum atomic E-state index is 0.365. The van der Waals surface area contributed by atoms with Crippen molar-refractivity contribution >= 4 is 23.1 Å². The Morgan fingerprint density at radius 3 is 2.85 bits per heavy atom. The van der Waals surface area contributed by atoms with Crippen molar-refractivity contribution in [2.24, 2.45) is 0 Å². The number of thioether (sulfide) groups is 1. The number of aryl methyl sites for hydroxylation is 2. The third-order valence-corrected chi connectivity index (χ3v) is 5.11. The van der Waals surface area contributed by atoms with Crippen LogP contribution in [0.15, 0.2) is 28.0 Å². The summed E-state index contributed by atoms with van der Waals surface area (Å²) in [6.45, 7) is 7.57. The molecular weight excluding hydrogens is 286 g/mol.